The first-order valence-electron chi connectivity index (χ1n) is 22.1. The van der Waals surface area contributed by atoms with E-state index in [1.807, 2.05) is 6.08 Å². The van der Waals surface area contributed by atoms with Gasteiger partial charge in [-0.2, -0.15) is 0 Å². The van der Waals surface area contributed by atoms with Crippen molar-refractivity contribution >= 4 is 19.8 Å². The normalized spacial score (nSPS) is 14.3. The third-order valence-corrected chi connectivity index (χ3v) is 10.2. The Morgan fingerprint density at radius 2 is 0.946 bits per heavy atom. The third kappa shape index (κ3) is 40.1. The predicted molar refractivity (Wildman–Crippen MR) is 228 cm³/mol. The largest absolute Gasteiger partial charge is 0.472 e. The highest BCUT2D eigenvalue weighted by Crippen LogP contribution is 2.43. The van der Waals surface area contributed by atoms with Crippen molar-refractivity contribution in [1.82, 2.24) is 0 Å². The van der Waals surface area contributed by atoms with Crippen LogP contribution in [0.4, 0.5) is 0 Å². The minimum Gasteiger partial charge on any atom is -0.462 e. The van der Waals surface area contributed by atoms with E-state index in [9.17, 15) is 24.2 Å². The Labute approximate surface area is 341 Å². The number of phosphoric ester groups is 1. The molecule has 3 N–H and O–H groups in total. The van der Waals surface area contributed by atoms with Gasteiger partial charge in [0.05, 0.1) is 19.8 Å². The maximum absolute atomic E-state index is 12.6. The zero-order valence-electron chi connectivity index (χ0n) is 35.3. The SMILES string of the molecule is CCCCC/C=C/C/C=C/C/C=C/C/C=C/CCCC(=O)OC[C@H](COP(=O)(O)OC[C@@H](O)CO)OC(=O)CCCCCCCCCCCCCCCCCC. The monoisotopic (exact) mass is 813 g/mol. The molecule has 0 saturated carbocycles. The van der Waals surface area contributed by atoms with E-state index < -0.39 is 51.8 Å². The van der Waals surface area contributed by atoms with Gasteiger partial charge >= 0.3 is 19.8 Å². The third-order valence-electron chi connectivity index (χ3n) is 9.24. The number of rotatable bonds is 41. The van der Waals surface area contributed by atoms with Crippen LogP contribution < -0.4 is 0 Å². The Hall–Kier alpha value is -2.07. The van der Waals surface area contributed by atoms with Gasteiger partial charge in [0.1, 0.15) is 12.7 Å². The van der Waals surface area contributed by atoms with Crippen LogP contribution in [0.15, 0.2) is 48.6 Å². The van der Waals surface area contributed by atoms with Gasteiger partial charge in [0.2, 0.25) is 0 Å². The van der Waals surface area contributed by atoms with Gasteiger partial charge in [0.25, 0.3) is 0 Å². The Morgan fingerprint density at radius 3 is 1.45 bits per heavy atom. The van der Waals surface area contributed by atoms with E-state index in [-0.39, 0.29) is 19.4 Å². The molecular formula is C45H81O10P. The van der Waals surface area contributed by atoms with Crippen molar-refractivity contribution < 1.29 is 47.8 Å². The summed E-state index contributed by atoms with van der Waals surface area (Å²) in [5.41, 5.74) is 0. The Morgan fingerprint density at radius 1 is 0.536 bits per heavy atom. The molecular weight excluding hydrogens is 731 g/mol. The molecule has 3 atom stereocenters. The number of allylic oxidation sites excluding steroid dienone is 8. The number of ether oxygens (including phenoxy) is 2. The van der Waals surface area contributed by atoms with Crippen molar-refractivity contribution in [3.63, 3.8) is 0 Å². The summed E-state index contributed by atoms with van der Waals surface area (Å²) in [5, 5.41) is 18.3. The molecule has 0 aliphatic carbocycles. The van der Waals surface area contributed by atoms with Crippen molar-refractivity contribution in [3.8, 4) is 0 Å². The molecule has 56 heavy (non-hydrogen) atoms. The van der Waals surface area contributed by atoms with Gasteiger partial charge in [-0.3, -0.25) is 18.6 Å². The second-order valence-corrected chi connectivity index (χ2v) is 16.2. The molecule has 0 rings (SSSR count). The molecule has 1 unspecified atom stereocenters. The molecule has 0 aromatic heterocycles. The van der Waals surface area contributed by atoms with E-state index in [4.69, 9.17) is 19.1 Å². The highest BCUT2D eigenvalue weighted by atomic mass is 31.2. The number of esters is 2. The molecule has 0 bridgehead atoms. The molecule has 0 spiro atoms. The molecule has 0 heterocycles. The second kappa shape index (κ2) is 41.1. The van der Waals surface area contributed by atoms with Crippen molar-refractivity contribution in [2.24, 2.45) is 0 Å². The molecule has 0 aromatic rings. The molecule has 11 heteroatoms. The Kier molecular flexibility index (Phi) is 39.6. The minimum absolute atomic E-state index is 0.166. The Balaban J connectivity index is 4.37. The number of hydrogen-bond donors (Lipinski definition) is 3. The van der Waals surface area contributed by atoms with E-state index in [1.165, 1.54) is 96.3 Å². The average Bonchev–Trinajstić information content (AvgIpc) is 3.19. The van der Waals surface area contributed by atoms with Crippen LogP contribution in [0.2, 0.25) is 0 Å². The zero-order chi connectivity index (χ0) is 41.2. The van der Waals surface area contributed by atoms with Crippen molar-refractivity contribution in [2.45, 2.75) is 199 Å². The van der Waals surface area contributed by atoms with Crippen LogP contribution >= 0.6 is 7.82 Å². The first-order valence-corrected chi connectivity index (χ1v) is 23.6. The van der Waals surface area contributed by atoms with E-state index in [0.29, 0.717) is 19.3 Å². The lowest BCUT2D eigenvalue weighted by Crippen LogP contribution is -2.29. The summed E-state index contributed by atoms with van der Waals surface area (Å²) in [5.74, 6) is -0.987. The zero-order valence-corrected chi connectivity index (χ0v) is 36.2. The second-order valence-electron chi connectivity index (χ2n) is 14.7. The summed E-state index contributed by atoms with van der Waals surface area (Å²) in [6.45, 7) is 2.30. The van der Waals surface area contributed by atoms with Crippen LogP contribution in [0.25, 0.3) is 0 Å². The fourth-order valence-corrected chi connectivity index (χ4v) is 6.60. The number of carbonyl (C=O) groups excluding carboxylic acids is 2. The molecule has 0 fully saturated rings. The van der Waals surface area contributed by atoms with Gasteiger partial charge in [0.15, 0.2) is 6.10 Å². The van der Waals surface area contributed by atoms with Gasteiger partial charge in [-0.1, -0.05) is 172 Å². The fourth-order valence-electron chi connectivity index (χ4n) is 5.81. The quantitative estimate of drug-likeness (QED) is 0.0236. The van der Waals surface area contributed by atoms with Crippen LogP contribution in [0.1, 0.15) is 187 Å². The average molecular weight is 813 g/mol. The van der Waals surface area contributed by atoms with Crippen LogP contribution in [0, 0.1) is 0 Å². The smallest absolute Gasteiger partial charge is 0.462 e. The summed E-state index contributed by atoms with van der Waals surface area (Å²) in [6.07, 6.45) is 43.7. The lowest BCUT2D eigenvalue weighted by molar-refractivity contribution is -0.161. The summed E-state index contributed by atoms with van der Waals surface area (Å²) in [6, 6.07) is 0. The highest BCUT2D eigenvalue weighted by Gasteiger charge is 2.27. The number of unbranched alkanes of at least 4 members (excludes halogenated alkanes) is 19. The predicted octanol–water partition coefficient (Wildman–Crippen LogP) is 11.7. The topological polar surface area (TPSA) is 149 Å². The van der Waals surface area contributed by atoms with Gasteiger partial charge in [0, 0.05) is 12.8 Å². The van der Waals surface area contributed by atoms with Gasteiger partial charge in [-0.25, -0.2) is 4.57 Å². The van der Waals surface area contributed by atoms with Crippen LogP contribution in [-0.4, -0.2) is 65.7 Å². The van der Waals surface area contributed by atoms with E-state index in [1.54, 1.807) is 0 Å². The number of carbonyl (C=O) groups is 2. The summed E-state index contributed by atoms with van der Waals surface area (Å²) in [7, 11) is -4.63. The first kappa shape index (κ1) is 53.9. The fraction of sp³-hybridized carbons (Fsp3) is 0.778. The highest BCUT2D eigenvalue weighted by molar-refractivity contribution is 7.47. The lowest BCUT2D eigenvalue weighted by Gasteiger charge is -2.20. The van der Waals surface area contributed by atoms with Crippen molar-refractivity contribution in [3.05, 3.63) is 48.6 Å². The van der Waals surface area contributed by atoms with Crippen LogP contribution in [0.5, 0.6) is 0 Å². The molecule has 326 valence electrons. The summed E-state index contributed by atoms with van der Waals surface area (Å²) >= 11 is 0. The van der Waals surface area contributed by atoms with Crippen LogP contribution in [-0.2, 0) is 32.7 Å². The van der Waals surface area contributed by atoms with Gasteiger partial charge in [-0.15, -0.1) is 0 Å². The van der Waals surface area contributed by atoms with Crippen molar-refractivity contribution in [2.75, 3.05) is 26.4 Å². The number of aliphatic hydroxyl groups is 2. The number of aliphatic hydroxyl groups excluding tert-OH is 2. The number of phosphoric acid groups is 1. The summed E-state index contributed by atoms with van der Waals surface area (Å²) < 4.78 is 32.7. The molecule has 0 aliphatic rings. The maximum atomic E-state index is 12.6. The minimum atomic E-state index is -4.63. The van der Waals surface area contributed by atoms with E-state index in [0.717, 1.165) is 44.9 Å². The van der Waals surface area contributed by atoms with Gasteiger partial charge in [-0.05, 0) is 51.4 Å². The Bertz CT molecular complexity index is 1070. The molecule has 0 amide bonds. The molecule has 0 radical (unpaired) electrons. The lowest BCUT2D eigenvalue weighted by atomic mass is 10.0. The molecule has 0 aromatic carbocycles. The maximum Gasteiger partial charge on any atom is 0.472 e. The van der Waals surface area contributed by atoms with Crippen LogP contribution in [0.3, 0.4) is 0 Å². The first-order chi connectivity index (χ1) is 27.2. The van der Waals surface area contributed by atoms with Crippen molar-refractivity contribution in [1.29, 1.82) is 0 Å². The van der Waals surface area contributed by atoms with E-state index >= 15 is 0 Å². The van der Waals surface area contributed by atoms with E-state index in [2.05, 4.69) is 60.9 Å². The standard InChI is InChI=1S/C45H81O10P/c1-3-5-7-9-11-13-15-17-19-21-23-24-26-28-30-32-34-36-44(48)52-40-43(41-54-56(50,51)53-39-42(47)38-46)55-45(49)37-35-33-31-29-27-25-22-20-18-16-14-12-10-8-6-4-2/h11,13,17,19,23-24,28,30,42-43,46-47H,3-10,12,14-16,18,20-22,25-27,29,31-41H2,1-2H3,(H,50,51)/b13-11+,19-17+,24-23+,30-28+/t42-,43+/m0/s1. The molecule has 10 nitrogen and oxygen atoms in total. The molecule has 0 saturated heterocycles. The summed E-state index contributed by atoms with van der Waals surface area (Å²) in [4.78, 5) is 35.0. The number of hydrogen-bond acceptors (Lipinski definition) is 9. The van der Waals surface area contributed by atoms with Gasteiger partial charge < -0.3 is 24.6 Å². The molecule has 0 aliphatic heterocycles.